The quantitative estimate of drug-likeness (QED) is 0.211. The molecule has 0 aliphatic carbocycles. The fourth-order valence-electron chi connectivity index (χ4n) is 8.78. The van der Waals surface area contributed by atoms with Crippen LogP contribution in [0.4, 0.5) is 0 Å². The molecule has 0 aromatic carbocycles. The van der Waals surface area contributed by atoms with Crippen LogP contribution in [0.2, 0.25) is 98.7 Å². The molecule has 4 N–H and O–H groups in total. The number of hydrogen-bond donors (Lipinski definition) is 4. The standard InChI is InChI=1S/C28H76B2N6Si6/c1-25(2,3)41(26(4,5)6)31-29(35(37(13,14)15)38(16,17)18)33-42(27(7,8)9,28(10,11)12)34-30(32-41)36(39(19,20)21)40(22,23)24/h31-34H,1-24H3. The van der Waals surface area contributed by atoms with Crippen molar-refractivity contribution in [3.05, 3.63) is 0 Å². The van der Waals surface area contributed by atoms with E-state index in [9.17, 15) is 0 Å². The third-order valence-electron chi connectivity index (χ3n) is 9.32. The molecule has 0 saturated carbocycles. The summed E-state index contributed by atoms with van der Waals surface area (Å²) in [5, 5.41) is 0.243. The minimum Gasteiger partial charge on any atom is -0.360 e. The third-order valence-corrected chi connectivity index (χ3v) is 36.0. The maximum absolute atomic E-state index is 4.66. The average Bonchev–Trinajstić information content (AvgIpc) is 2.55. The summed E-state index contributed by atoms with van der Waals surface area (Å²) in [5.41, 5.74) is 0. The summed E-state index contributed by atoms with van der Waals surface area (Å²) in [7, 11) is -11.8. The lowest BCUT2D eigenvalue weighted by molar-refractivity contribution is 0.559. The van der Waals surface area contributed by atoms with Crippen molar-refractivity contribution >= 4 is 64.0 Å². The molecule has 0 atom stereocenters. The normalized spacial score (nSPS) is 20.7. The van der Waals surface area contributed by atoms with Gasteiger partial charge in [-0.1, -0.05) is 162 Å². The van der Waals surface area contributed by atoms with Crippen LogP contribution in [0.1, 0.15) is 83.1 Å². The molecule has 0 aromatic heterocycles. The molecular weight excluding hydrogens is 610 g/mol. The van der Waals surface area contributed by atoms with E-state index in [-0.39, 0.29) is 34.4 Å². The average molecular weight is 687 g/mol. The van der Waals surface area contributed by atoms with Crippen molar-refractivity contribution in [2.24, 2.45) is 0 Å². The van der Waals surface area contributed by atoms with Crippen molar-refractivity contribution in [1.29, 1.82) is 0 Å². The first kappa shape index (κ1) is 41.2. The summed E-state index contributed by atoms with van der Waals surface area (Å²) in [4.78, 5) is 18.6. The molecule has 0 bridgehead atoms. The van der Waals surface area contributed by atoms with Crippen LogP contribution in [0.25, 0.3) is 0 Å². The van der Waals surface area contributed by atoms with Crippen molar-refractivity contribution in [1.82, 2.24) is 27.9 Å². The van der Waals surface area contributed by atoms with E-state index in [4.69, 9.17) is 0 Å². The molecule has 0 radical (unpaired) electrons. The van der Waals surface area contributed by atoms with Gasteiger partial charge in [-0.2, -0.15) is 0 Å². The second-order valence-corrected chi connectivity index (χ2v) is 51.6. The minimum absolute atomic E-state index is 0.0607. The molecule has 1 aliphatic rings. The highest BCUT2D eigenvalue weighted by Crippen LogP contribution is 2.51. The zero-order valence-electron chi connectivity index (χ0n) is 33.0. The van der Waals surface area contributed by atoms with Crippen LogP contribution in [0.15, 0.2) is 0 Å². The highest BCUT2D eigenvalue weighted by molar-refractivity contribution is 7.10. The summed E-state index contributed by atoms with van der Waals surface area (Å²) >= 11 is 0. The molecule has 42 heavy (non-hydrogen) atoms. The van der Waals surface area contributed by atoms with Gasteiger partial charge in [-0.25, -0.2) is 0 Å². The number of nitrogens with zero attached hydrogens (tertiary/aromatic N) is 2. The van der Waals surface area contributed by atoms with Gasteiger partial charge in [0.2, 0.25) is 0 Å². The Kier molecular flexibility index (Phi) is 11.8. The lowest BCUT2D eigenvalue weighted by atomic mass is 10.0. The topological polar surface area (TPSA) is 54.6 Å². The molecular formula is C28H76B2N6Si6. The van der Waals surface area contributed by atoms with Gasteiger partial charge in [0, 0.05) is 0 Å². The molecule has 1 fully saturated rings. The SMILES string of the molecule is CC(C)(C)[Si]1(C(C)(C)C)NB(N([Si](C)(C)C)[Si](C)(C)C)N[Si](C(C)(C)C)(C(C)(C)C)NB(N([Si](C)(C)C)[Si](C)(C)C)N1. The third kappa shape index (κ3) is 8.36. The Morgan fingerprint density at radius 2 is 0.500 bits per heavy atom. The lowest BCUT2D eigenvalue weighted by Gasteiger charge is -2.65. The second-order valence-electron chi connectivity index (χ2n) is 21.3. The maximum Gasteiger partial charge on any atom is 0.371 e. The first-order chi connectivity index (χ1) is 17.9. The van der Waals surface area contributed by atoms with Crippen LogP contribution in [0.3, 0.4) is 0 Å². The number of rotatable bonds is 6. The van der Waals surface area contributed by atoms with E-state index in [0.29, 0.717) is 0 Å². The Balaban J connectivity index is 4.48. The molecule has 0 amide bonds. The van der Waals surface area contributed by atoms with Crippen molar-refractivity contribution in [2.45, 2.75) is 182 Å². The molecule has 1 rings (SSSR count). The Hall–Kier alpha value is 1.19. The first-order valence-corrected chi connectivity index (χ1v) is 34.4. The predicted octanol–water partition coefficient (Wildman–Crippen LogP) is 8.36. The molecule has 248 valence electrons. The highest BCUT2D eigenvalue weighted by atomic mass is 28.4. The minimum atomic E-state index is -2.51. The van der Waals surface area contributed by atoms with Crippen molar-refractivity contribution in [3.63, 3.8) is 0 Å². The van der Waals surface area contributed by atoms with Crippen LogP contribution in [-0.2, 0) is 0 Å². The fraction of sp³-hybridized carbons (Fsp3) is 1.00. The molecule has 1 heterocycles. The number of nitrogens with one attached hydrogen (secondary N) is 4. The maximum atomic E-state index is 4.66. The van der Waals surface area contributed by atoms with E-state index in [1.165, 1.54) is 0 Å². The van der Waals surface area contributed by atoms with Gasteiger partial charge in [-0.3, -0.25) is 0 Å². The Bertz CT molecular complexity index is 780. The predicted molar refractivity (Wildman–Crippen MR) is 211 cm³/mol. The summed E-state index contributed by atoms with van der Waals surface area (Å²) in [6.45, 7) is 60.7. The molecule has 1 aliphatic heterocycles. The van der Waals surface area contributed by atoms with Gasteiger partial charge in [0.1, 0.15) is 32.9 Å². The molecule has 6 nitrogen and oxygen atoms in total. The van der Waals surface area contributed by atoms with Gasteiger partial charge in [0.15, 0.2) is 16.8 Å². The van der Waals surface area contributed by atoms with Gasteiger partial charge in [-0.15, -0.1) is 0 Å². The first-order valence-electron chi connectivity index (χ1n) is 16.6. The Labute approximate surface area is 272 Å². The molecule has 14 heteroatoms. The zero-order chi connectivity index (χ0) is 34.1. The lowest BCUT2D eigenvalue weighted by Crippen LogP contribution is -2.96. The van der Waals surface area contributed by atoms with Crippen LogP contribution in [-0.4, -0.2) is 72.3 Å². The largest absolute Gasteiger partial charge is 0.371 e. The second kappa shape index (κ2) is 12.0. The van der Waals surface area contributed by atoms with E-state index in [0.717, 1.165) is 0 Å². The van der Waals surface area contributed by atoms with Crippen LogP contribution in [0, 0.1) is 0 Å². The van der Waals surface area contributed by atoms with E-state index in [2.05, 4.69) is 190 Å². The Morgan fingerprint density at radius 1 is 0.357 bits per heavy atom. The van der Waals surface area contributed by atoms with Crippen molar-refractivity contribution in [2.75, 3.05) is 0 Å². The van der Waals surface area contributed by atoms with Crippen LogP contribution >= 0.6 is 0 Å². The van der Waals surface area contributed by atoms with Crippen molar-refractivity contribution < 1.29 is 0 Å². The summed E-state index contributed by atoms with van der Waals surface area (Å²) in [6, 6.07) is 0. The van der Waals surface area contributed by atoms with E-state index in [1.807, 2.05) is 0 Å². The number of hydrogen-bond acceptors (Lipinski definition) is 6. The van der Waals surface area contributed by atoms with Crippen molar-refractivity contribution in [3.8, 4) is 0 Å². The summed E-state index contributed by atoms with van der Waals surface area (Å²) in [6.07, 6.45) is 0. The van der Waals surface area contributed by atoms with Gasteiger partial charge in [-0.05, 0) is 20.2 Å². The van der Waals surface area contributed by atoms with Crippen LogP contribution in [0.5, 0.6) is 0 Å². The summed E-state index contributed by atoms with van der Waals surface area (Å²) < 4.78 is 6.02. The van der Waals surface area contributed by atoms with Gasteiger partial charge >= 0.3 is 14.2 Å². The van der Waals surface area contributed by atoms with Gasteiger partial charge in [0.25, 0.3) is 0 Å². The van der Waals surface area contributed by atoms with E-state index in [1.54, 1.807) is 0 Å². The highest BCUT2D eigenvalue weighted by Gasteiger charge is 2.66. The van der Waals surface area contributed by atoms with E-state index >= 15 is 0 Å². The van der Waals surface area contributed by atoms with Crippen LogP contribution < -0.4 is 19.6 Å². The van der Waals surface area contributed by atoms with Gasteiger partial charge in [0.05, 0.1) is 0 Å². The monoisotopic (exact) mass is 686 g/mol. The molecule has 0 spiro atoms. The van der Waals surface area contributed by atoms with Gasteiger partial charge < -0.3 is 27.9 Å². The fourth-order valence-corrected chi connectivity index (χ4v) is 40.4. The summed E-state index contributed by atoms with van der Waals surface area (Å²) in [5.74, 6) is 0. The zero-order valence-corrected chi connectivity index (χ0v) is 39.0. The molecule has 1 saturated heterocycles. The van der Waals surface area contributed by atoms with E-state index < -0.39 is 49.7 Å². The molecule has 0 unspecified atom stereocenters. The molecule has 0 aromatic rings. The Morgan fingerprint density at radius 3 is 0.595 bits per heavy atom. The smallest absolute Gasteiger partial charge is 0.360 e.